The lowest BCUT2D eigenvalue weighted by Crippen LogP contribution is -2.49. The van der Waals surface area contributed by atoms with Crippen LogP contribution in [-0.4, -0.2) is 84.1 Å². The van der Waals surface area contributed by atoms with Gasteiger partial charge in [-0.3, -0.25) is 19.0 Å². The van der Waals surface area contributed by atoms with Crippen LogP contribution >= 0.6 is 0 Å². The van der Waals surface area contributed by atoms with Gasteiger partial charge in [0.25, 0.3) is 0 Å². The van der Waals surface area contributed by atoms with Crippen molar-refractivity contribution in [2.75, 3.05) is 46.4 Å². The van der Waals surface area contributed by atoms with E-state index in [4.69, 9.17) is 14.2 Å². The molecule has 3 aromatic rings. The van der Waals surface area contributed by atoms with Crippen molar-refractivity contribution in [3.05, 3.63) is 42.2 Å². The molecule has 2 aromatic heterocycles. The quantitative estimate of drug-likeness (QED) is 0.299. The van der Waals surface area contributed by atoms with E-state index in [0.717, 1.165) is 45.6 Å². The molecule has 1 saturated heterocycles. The largest absolute Gasteiger partial charge is 0.496 e. The molecule has 0 unspecified atom stereocenters. The number of rotatable bonds is 12. The second-order valence-electron chi connectivity index (χ2n) is 10.6. The molecule has 3 heterocycles. The third kappa shape index (κ3) is 6.50. The van der Waals surface area contributed by atoms with Crippen LogP contribution in [0.3, 0.4) is 0 Å². The highest BCUT2D eigenvalue weighted by Gasteiger charge is 2.30. The van der Waals surface area contributed by atoms with Crippen molar-refractivity contribution in [2.24, 2.45) is 5.92 Å². The van der Waals surface area contributed by atoms with Crippen LogP contribution in [0, 0.1) is 5.92 Å². The van der Waals surface area contributed by atoms with Crippen molar-refractivity contribution in [3.8, 4) is 28.5 Å². The van der Waals surface area contributed by atoms with Gasteiger partial charge in [0, 0.05) is 63.0 Å². The number of ether oxygens (including phenoxy) is 3. The maximum atomic E-state index is 13.3. The minimum atomic E-state index is -3.07. The molecule has 5 rings (SSSR count). The molecule has 0 atom stereocenters. The summed E-state index contributed by atoms with van der Waals surface area (Å²) in [5, 5.41) is 0. The number of methoxy groups -OCH3 is 1. The van der Waals surface area contributed by atoms with Crippen LogP contribution in [-0.2, 0) is 0 Å². The van der Waals surface area contributed by atoms with Gasteiger partial charge in [-0.2, -0.15) is 8.78 Å². The third-order valence-electron chi connectivity index (χ3n) is 7.55. The molecule has 0 radical (unpaired) electrons. The fourth-order valence-corrected chi connectivity index (χ4v) is 5.11. The number of benzene rings is 1. The lowest BCUT2D eigenvalue weighted by atomic mass is 10.00. The predicted molar refractivity (Wildman–Crippen MR) is 144 cm³/mol. The van der Waals surface area contributed by atoms with Crippen molar-refractivity contribution in [1.29, 1.82) is 0 Å². The molecule has 1 aliphatic carbocycles. The van der Waals surface area contributed by atoms with E-state index in [2.05, 4.69) is 28.6 Å². The standard InChI is InChI=1S/C29H36F2N4O4/c1-19(2)34-10-8-33(9-11-34)12-13-38-22-6-7-35-23(18-32-27(35)17-22)21-15-25(37-3)28(24(36)14-20-4-5-20)26(16-21)39-29(30)31/h6-7,15-20,29H,4-5,8-14H2,1-3H3. The fourth-order valence-electron chi connectivity index (χ4n) is 5.11. The smallest absolute Gasteiger partial charge is 0.387 e. The number of hydrogen-bond donors (Lipinski definition) is 0. The van der Waals surface area contributed by atoms with E-state index in [9.17, 15) is 13.6 Å². The summed E-state index contributed by atoms with van der Waals surface area (Å²) in [7, 11) is 1.42. The molecule has 10 heteroatoms. The summed E-state index contributed by atoms with van der Waals surface area (Å²) in [6, 6.07) is 7.41. The average molecular weight is 543 g/mol. The Morgan fingerprint density at radius 1 is 1.10 bits per heavy atom. The Hall–Kier alpha value is -3.24. The van der Waals surface area contributed by atoms with Crippen molar-refractivity contribution < 1.29 is 27.8 Å². The van der Waals surface area contributed by atoms with E-state index in [1.54, 1.807) is 12.3 Å². The number of hydrogen-bond acceptors (Lipinski definition) is 7. The number of alkyl halides is 2. The number of fused-ring (bicyclic) bond motifs is 1. The Kier molecular flexibility index (Phi) is 8.32. The molecule has 1 aliphatic heterocycles. The van der Waals surface area contributed by atoms with Gasteiger partial charge < -0.3 is 14.2 Å². The monoisotopic (exact) mass is 542 g/mol. The molecule has 2 aliphatic rings. The molecular formula is C29H36F2N4O4. The van der Waals surface area contributed by atoms with E-state index in [1.165, 1.54) is 13.2 Å². The van der Waals surface area contributed by atoms with Gasteiger partial charge in [0.15, 0.2) is 5.78 Å². The Balaban J connectivity index is 1.31. The number of halogens is 2. The number of ketones is 1. The first-order valence-electron chi connectivity index (χ1n) is 13.6. The van der Waals surface area contributed by atoms with Gasteiger partial charge in [-0.05, 0) is 50.8 Å². The number of carbonyl (C=O) groups is 1. The third-order valence-corrected chi connectivity index (χ3v) is 7.55. The van der Waals surface area contributed by atoms with Crippen LogP contribution in [0.2, 0.25) is 0 Å². The van der Waals surface area contributed by atoms with Gasteiger partial charge >= 0.3 is 6.61 Å². The molecule has 1 saturated carbocycles. The minimum absolute atomic E-state index is 0.0589. The lowest BCUT2D eigenvalue weighted by Gasteiger charge is -2.36. The highest BCUT2D eigenvalue weighted by Crippen LogP contribution is 2.40. The van der Waals surface area contributed by atoms with E-state index in [1.807, 2.05) is 22.7 Å². The first-order valence-corrected chi connectivity index (χ1v) is 13.6. The van der Waals surface area contributed by atoms with Crippen molar-refractivity contribution in [2.45, 2.75) is 45.8 Å². The Morgan fingerprint density at radius 2 is 1.85 bits per heavy atom. The average Bonchev–Trinajstić information content (AvgIpc) is 3.63. The van der Waals surface area contributed by atoms with E-state index >= 15 is 0 Å². The fraction of sp³-hybridized carbons (Fsp3) is 0.517. The maximum absolute atomic E-state index is 13.3. The topological polar surface area (TPSA) is 68.5 Å². The number of Topliss-reactive ketones (excluding diaryl/α,β-unsaturated/α-hetero) is 1. The minimum Gasteiger partial charge on any atom is -0.496 e. The second kappa shape index (κ2) is 11.9. The molecule has 0 amide bonds. The summed E-state index contributed by atoms with van der Waals surface area (Å²) in [6.07, 6.45) is 5.72. The summed E-state index contributed by atoms with van der Waals surface area (Å²) in [5.41, 5.74) is 1.91. The highest BCUT2D eigenvalue weighted by atomic mass is 19.3. The van der Waals surface area contributed by atoms with Gasteiger partial charge in [-0.15, -0.1) is 0 Å². The molecule has 8 nitrogen and oxygen atoms in total. The summed E-state index contributed by atoms with van der Waals surface area (Å²) in [6.45, 7) is 7.05. The zero-order chi connectivity index (χ0) is 27.5. The van der Waals surface area contributed by atoms with Crippen LogP contribution in [0.25, 0.3) is 16.9 Å². The van der Waals surface area contributed by atoms with Crippen molar-refractivity contribution >= 4 is 11.4 Å². The number of imidazole rings is 1. The normalized spacial score (nSPS) is 16.8. The maximum Gasteiger partial charge on any atom is 0.387 e. The van der Waals surface area contributed by atoms with Crippen LogP contribution in [0.15, 0.2) is 36.7 Å². The predicted octanol–water partition coefficient (Wildman–Crippen LogP) is 5.00. The SMILES string of the molecule is COc1cc(-c2cnc3cc(OCCN4CCN(C(C)C)CC4)ccn23)cc(OC(F)F)c1C(=O)CC1CC1. The highest BCUT2D eigenvalue weighted by molar-refractivity contribution is 6.02. The molecule has 0 bridgehead atoms. The molecule has 2 fully saturated rings. The van der Waals surface area contributed by atoms with Crippen LogP contribution in [0.5, 0.6) is 17.2 Å². The number of nitrogens with zero attached hydrogens (tertiary/aromatic N) is 4. The van der Waals surface area contributed by atoms with E-state index in [-0.39, 0.29) is 22.8 Å². The van der Waals surface area contributed by atoms with E-state index in [0.29, 0.717) is 47.6 Å². The molecule has 39 heavy (non-hydrogen) atoms. The van der Waals surface area contributed by atoms with Gasteiger partial charge in [0.05, 0.1) is 19.0 Å². The summed E-state index contributed by atoms with van der Waals surface area (Å²) in [4.78, 5) is 22.3. The van der Waals surface area contributed by atoms with Crippen LogP contribution in [0.4, 0.5) is 8.78 Å². The number of pyridine rings is 1. The Morgan fingerprint density at radius 3 is 2.51 bits per heavy atom. The molecular weight excluding hydrogens is 506 g/mol. The molecule has 0 spiro atoms. The zero-order valence-corrected chi connectivity index (χ0v) is 22.7. The Labute approximate surface area is 227 Å². The lowest BCUT2D eigenvalue weighted by molar-refractivity contribution is -0.0502. The van der Waals surface area contributed by atoms with Gasteiger partial charge in [0.1, 0.15) is 35.1 Å². The number of aromatic nitrogens is 2. The van der Waals surface area contributed by atoms with Gasteiger partial charge in [-0.1, -0.05) is 0 Å². The van der Waals surface area contributed by atoms with Crippen molar-refractivity contribution in [1.82, 2.24) is 19.2 Å². The first kappa shape index (κ1) is 27.3. The zero-order valence-electron chi connectivity index (χ0n) is 22.7. The van der Waals surface area contributed by atoms with Crippen molar-refractivity contribution in [3.63, 3.8) is 0 Å². The summed E-state index contributed by atoms with van der Waals surface area (Å²) < 4.78 is 44.7. The first-order chi connectivity index (χ1) is 18.8. The van der Waals surface area contributed by atoms with Gasteiger partial charge in [0.2, 0.25) is 0 Å². The molecule has 0 N–H and O–H groups in total. The summed E-state index contributed by atoms with van der Waals surface area (Å²) in [5.74, 6) is 0.776. The van der Waals surface area contributed by atoms with Crippen LogP contribution < -0.4 is 14.2 Å². The Bertz CT molecular complexity index is 1300. The molecule has 1 aromatic carbocycles. The van der Waals surface area contributed by atoms with Crippen LogP contribution in [0.1, 0.15) is 43.5 Å². The number of carbonyl (C=O) groups excluding carboxylic acids is 1. The number of piperazine rings is 1. The molecule has 210 valence electrons. The second-order valence-corrected chi connectivity index (χ2v) is 10.6. The van der Waals surface area contributed by atoms with E-state index < -0.39 is 6.61 Å². The van der Waals surface area contributed by atoms with Gasteiger partial charge in [-0.25, -0.2) is 4.98 Å². The summed E-state index contributed by atoms with van der Waals surface area (Å²) >= 11 is 0.